The highest BCUT2D eigenvalue weighted by molar-refractivity contribution is 5.73. The Labute approximate surface area is 151 Å². The molecule has 0 N–H and O–H groups in total. The molecule has 1 fully saturated rings. The van der Waals surface area contributed by atoms with Gasteiger partial charge in [0, 0.05) is 6.54 Å². The molecular weight excluding hydrogens is 310 g/mol. The van der Waals surface area contributed by atoms with Gasteiger partial charge in [0.2, 0.25) is 0 Å². The highest BCUT2D eigenvalue weighted by Crippen LogP contribution is 2.35. The lowest BCUT2D eigenvalue weighted by atomic mass is 9.74. The van der Waals surface area contributed by atoms with Crippen LogP contribution in [0, 0.1) is 17.8 Å². The Balaban J connectivity index is 1.66. The highest BCUT2D eigenvalue weighted by atomic mass is 16.5. The molecule has 1 saturated heterocycles. The Morgan fingerprint density at radius 1 is 1.24 bits per heavy atom. The van der Waals surface area contributed by atoms with Crippen LogP contribution in [0.1, 0.15) is 31.7 Å². The zero-order valence-electron chi connectivity index (χ0n) is 15.1. The molecule has 1 aliphatic heterocycles. The van der Waals surface area contributed by atoms with E-state index in [4.69, 9.17) is 4.74 Å². The summed E-state index contributed by atoms with van der Waals surface area (Å²) in [7, 11) is 0. The highest BCUT2D eigenvalue weighted by Gasteiger charge is 2.38. The van der Waals surface area contributed by atoms with E-state index in [1.165, 1.54) is 0 Å². The number of esters is 1. The van der Waals surface area contributed by atoms with Crippen molar-refractivity contribution in [2.45, 2.75) is 32.8 Å². The molecule has 3 nitrogen and oxygen atoms in total. The second-order valence-electron chi connectivity index (χ2n) is 7.17. The van der Waals surface area contributed by atoms with E-state index >= 15 is 0 Å². The van der Waals surface area contributed by atoms with E-state index in [2.05, 4.69) is 36.1 Å². The van der Waals surface area contributed by atoms with Gasteiger partial charge in [-0.25, -0.2) is 0 Å². The minimum Gasteiger partial charge on any atom is -0.461 e. The summed E-state index contributed by atoms with van der Waals surface area (Å²) in [5.74, 6) is 0.795. The first-order valence-corrected chi connectivity index (χ1v) is 9.54. The van der Waals surface area contributed by atoms with Crippen LogP contribution >= 0.6 is 0 Å². The van der Waals surface area contributed by atoms with Crippen LogP contribution in [0.4, 0.5) is 0 Å². The van der Waals surface area contributed by atoms with Gasteiger partial charge in [-0.3, -0.25) is 4.79 Å². The lowest BCUT2D eigenvalue weighted by Crippen LogP contribution is -2.46. The Morgan fingerprint density at radius 3 is 2.80 bits per heavy atom. The van der Waals surface area contributed by atoms with Crippen LogP contribution in [-0.2, 0) is 16.1 Å². The van der Waals surface area contributed by atoms with E-state index in [0.29, 0.717) is 18.4 Å². The van der Waals surface area contributed by atoms with Gasteiger partial charge < -0.3 is 9.64 Å². The number of hydrogen-bond acceptors (Lipinski definition) is 3. The topological polar surface area (TPSA) is 29.5 Å². The van der Waals surface area contributed by atoms with Crippen molar-refractivity contribution in [3.63, 3.8) is 0 Å². The zero-order valence-corrected chi connectivity index (χ0v) is 15.1. The molecule has 1 aromatic rings. The van der Waals surface area contributed by atoms with E-state index in [0.717, 1.165) is 44.5 Å². The predicted molar refractivity (Wildman–Crippen MR) is 101 cm³/mol. The molecule has 1 aliphatic carbocycles. The van der Waals surface area contributed by atoms with Gasteiger partial charge in [0.1, 0.15) is 6.61 Å². The van der Waals surface area contributed by atoms with E-state index in [9.17, 15) is 4.79 Å². The maximum atomic E-state index is 12.9. The van der Waals surface area contributed by atoms with Gasteiger partial charge in [0.15, 0.2) is 0 Å². The third-order valence-corrected chi connectivity index (χ3v) is 5.38. The quantitative estimate of drug-likeness (QED) is 0.727. The molecule has 3 atom stereocenters. The standard InChI is InChI=1S/C22H29NO2/c1-2-14-23-15-13-20(19-11-7-4-8-12-19)21(16-23)22(24)25-17-18-9-5-3-6-10-18/h3-11,19-21H,2,12-17H2,1H3. The van der Waals surface area contributed by atoms with Crippen molar-refractivity contribution in [1.29, 1.82) is 0 Å². The lowest BCUT2D eigenvalue weighted by Gasteiger charge is -2.40. The molecule has 1 heterocycles. The number of piperidine rings is 1. The molecule has 1 aromatic carbocycles. The van der Waals surface area contributed by atoms with Crippen LogP contribution in [0.25, 0.3) is 0 Å². The van der Waals surface area contributed by atoms with Crippen molar-refractivity contribution in [2.75, 3.05) is 19.6 Å². The molecule has 0 aromatic heterocycles. The smallest absolute Gasteiger partial charge is 0.310 e. The minimum atomic E-state index is -0.0300. The fourth-order valence-electron chi connectivity index (χ4n) is 4.07. The SMILES string of the molecule is CCCN1CCC(C2C=CC=CC2)C(C(=O)OCc2ccccc2)C1. The van der Waals surface area contributed by atoms with E-state index in [-0.39, 0.29) is 11.9 Å². The number of allylic oxidation sites excluding steroid dienone is 4. The van der Waals surface area contributed by atoms with Crippen LogP contribution in [-0.4, -0.2) is 30.5 Å². The van der Waals surface area contributed by atoms with Crippen LogP contribution in [0.5, 0.6) is 0 Å². The number of rotatable bonds is 6. The first kappa shape index (κ1) is 17.9. The normalized spacial score (nSPS) is 26.5. The molecule has 25 heavy (non-hydrogen) atoms. The molecular formula is C22H29NO2. The lowest BCUT2D eigenvalue weighted by molar-refractivity contribution is -0.155. The first-order chi connectivity index (χ1) is 12.3. The summed E-state index contributed by atoms with van der Waals surface area (Å²) in [5, 5.41) is 0. The van der Waals surface area contributed by atoms with Gasteiger partial charge in [-0.15, -0.1) is 0 Å². The van der Waals surface area contributed by atoms with Gasteiger partial charge >= 0.3 is 5.97 Å². The number of likely N-dealkylation sites (tertiary alicyclic amines) is 1. The summed E-state index contributed by atoms with van der Waals surface area (Å²) in [6.45, 7) is 5.56. The van der Waals surface area contributed by atoms with Crippen LogP contribution in [0.3, 0.4) is 0 Å². The average molecular weight is 339 g/mol. The maximum Gasteiger partial charge on any atom is 0.310 e. The number of benzene rings is 1. The number of ether oxygens (including phenoxy) is 1. The van der Waals surface area contributed by atoms with Crippen LogP contribution < -0.4 is 0 Å². The molecule has 0 bridgehead atoms. The Kier molecular flexibility index (Phi) is 6.46. The van der Waals surface area contributed by atoms with Crippen molar-refractivity contribution in [1.82, 2.24) is 4.90 Å². The number of carbonyl (C=O) groups excluding carboxylic acids is 1. The number of carbonyl (C=O) groups is 1. The van der Waals surface area contributed by atoms with Crippen LogP contribution in [0.2, 0.25) is 0 Å². The minimum absolute atomic E-state index is 0.0230. The van der Waals surface area contributed by atoms with Crippen molar-refractivity contribution in [3.05, 3.63) is 60.2 Å². The second kappa shape index (κ2) is 9.00. The Bertz CT molecular complexity index is 608. The van der Waals surface area contributed by atoms with Gasteiger partial charge in [0.25, 0.3) is 0 Å². The summed E-state index contributed by atoms with van der Waals surface area (Å²) in [5.41, 5.74) is 1.05. The van der Waals surface area contributed by atoms with E-state index < -0.39 is 0 Å². The molecule has 3 rings (SSSR count). The van der Waals surface area contributed by atoms with Crippen molar-refractivity contribution in [3.8, 4) is 0 Å². The molecule has 0 spiro atoms. The van der Waals surface area contributed by atoms with Crippen molar-refractivity contribution < 1.29 is 9.53 Å². The fourth-order valence-corrected chi connectivity index (χ4v) is 4.07. The van der Waals surface area contributed by atoms with Gasteiger partial charge in [-0.1, -0.05) is 61.6 Å². The third-order valence-electron chi connectivity index (χ3n) is 5.38. The van der Waals surface area contributed by atoms with Crippen LogP contribution in [0.15, 0.2) is 54.6 Å². The monoisotopic (exact) mass is 339 g/mol. The largest absolute Gasteiger partial charge is 0.461 e. The second-order valence-corrected chi connectivity index (χ2v) is 7.17. The predicted octanol–water partition coefficient (Wildman–Crippen LogP) is 4.21. The summed E-state index contributed by atoms with van der Waals surface area (Å²) in [6, 6.07) is 9.95. The van der Waals surface area contributed by atoms with Gasteiger partial charge in [-0.05, 0) is 49.8 Å². The summed E-state index contributed by atoms with van der Waals surface area (Å²) in [6.07, 6.45) is 12.0. The zero-order chi connectivity index (χ0) is 17.5. The average Bonchev–Trinajstić information content (AvgIpc) is 2.68. The van der Waals surface area contributed by atoms with E-state index in [1.807, 2.05) is 30.3 Å². The van der Waals surface area contributed by atoms with Gasteiger partial charge in [-0.2, -0.15) is 0 Å². The Hall–Kier alpha value is -1.87. The molecule has 0 saturated carbocycles. The first-order valence-electron chi connectivity index (χ1n) is 9.54. The van der Waals surface area contributed by atoms with Crippen molar-refractivity contribution >= 4 is 5.97 Å². The molecule has 0 amide bonds. The third kappa shape index (κ3) is 4.82. The Morgan fingerprint density at radius 2 is 2.08 bits per heavy atom. The molecule has 0 radical (unpaired) electrons. The molecule has 3 unspecified atom stereocenters. The fraction of sp³-hybridized carbons (Fsp3) is 0.500. The number of nitrogens with zero attached hydrogens (tertiary/aromatic N) is 1. The van der Waals surface area contributed by atoms with Crippen molar-refractivity contribution in [2.24, 2.45) is 17.8 Å². The molecule has 134 valence electrons. The van der Waals surface area contributed by atoms with E-state index in [1.54, 1.807) is 0 Å². The molecule has 3 heteroatoms. The number of hydrogen-bond donors (Lipinski definition) is 0. The van der Waals surface area contributed by atoms with Gasteiger partial charge in [0.05, 0.1) is 5.92 Å². The molecule has 2 aliphatic rings. The summed E-state index contributed by atoms with van der Waals surface area (Å²) >= 11 is 0. The summed E-state index contributed by atoms with van der Waals surface area (Å²) in [4.78, 5) is 15.3. The summed E-state index contributed by atoms with van der Waals surface area (Å²) < 4.78 is 5.71. The maximum absolute atomic E-state index is 12.9.